The maximum absolute atomic E-state index is 12.8. The van der Waals surface area contributed by atoms with Crippen LogP contribution < -0.4 is 0 Å². The summed E-state index contributed by atoms with van der Waals surface area (Å²) in [5.41, 5.74) is 1.90. The number of halogens is 1. The summed E-state index contributed by atoms with van der Waals surface area (Å²) in [6.45, 7) is 0.386. The molecule has 6 heteroatoms. The van der Waals surface area contributed by atoms with Gasteiger partial charge in [0.05, 0.1) is 11.5 Å². The molecule has 1 saturated heterocycles. The molecule has 3 rings (SSSR count). The van der Waals surface area contributed by atoms with E-state index in [1.807, 2.05) is 54.6 Å². The lowest BCUT2D eigenvalue weighted by Crippen LogP contribution is -2.39. The van der Waals surface area contributed by atoms with Gasteiger partial charge >= 0.3 is 0 Å². The lowest BCUT2D eigenvalue weighted by atomic mass is 10.1. The van der Waals surface area contributed by atoms with Crippen molar-refractivity contribution in [1.82, 2.24) is 4.90 Å². The van der Waals surface area contributed by atoms with Crippen LogP contribution in [0.5, 0.6) is 0 Å². The summed E-state index contributed by atoms with van der Waals surface area (Å²) < 4.78 is 24.7. The molecule has 0 radical (unpaired) electrons. The van der Waals surface area contributed by atoms with Crippen LogP contribution in [-0.2, 0) is 21.2 Å². The Bertz CT molecular complexity index is 910. The summed E-state index contributed by atoms with van der Waals surface area (Å²) in [6, 6.07) is 17.0. The van der Waals surface area contributed by atoms with Crippen LogP contribution >= 0.6 is 15.9 Å². The highest BCUT2D eigenvalue weighted by Crippen LogP contribution is 2.22. The second kappa shape index (κ2) is 8.18. The Hall–Kier alpha value is -1.92. The van der Waals surface area contributed by atoms with Crippen molar-refractivity contribution < 1.29 is 13.2 Å². The van der Waals surface area contributed by atoms with E-state index in [4.69, 9.17) is 0 Å². The van der Waals surface area contributed by atoms with Crippen molar-refractivity contribution >= 4 is 37.8 Å². The number of amides is 1. The zero-order valence-electron chi connectivity index (χ0n) is 14.2. The smallest absolute Gasteiger partial charge is 0.247 e. The number of carbonyl (C=O) groups excluding carboxylic acids is 1. The quantitative estimate of drug-likeness (QED) is 0.675. The van der Waals surface area contributed by atoms with E-state index >= 15 is 0 Å². The largest absolute Gasteiger partial charge is 0.331 e. The van der Waals surface area contributed by atoms with Crippen LogP contribution in [0.4, 0.5) is 0 Å². The summed E-state index contributed by atoms with van der Waals surface area (Å²) in [6.07, 6.45) is 3.78. The molecule has 0 saturated carbocycles. The first-order valence-electron chi connectivity index (χ1n) is 8.41. The molecule has 0 N–H and O–H groups in total. The van der Waals surface area contributed by atoms with Gasteiger partial charge in [-0.2, -0.15) is 0 Å². The van der Waals surface area contributed by atoms with E-state index < -0.39 is 9.84 Å². The van der Waals surface area contributed by atoms with Crippen LogP contribution in [0, 0.1) is 0 Å². The molecule has 1 aliphatic rings. The third-order valence-corrected chi connectivity index (χ3v) is 6.64. The highest BCUT2D eigenvalue weighted by molar-refractivity contribution is 9.10. The van der Waals surface area contributed by atoms with Crippen molar-refractivity contribution in [1.29, 1.82) is 0 Å². The van der Waals surface area contributed by atoms with E-state index in [-0.39, 0.29) is 23.5 Å². The van der Waals surface area contributed by atoms with Gasteiger partial charge in [0.25, 0.3) is 0 Å². The normalized spacial score (nSPS) is 18.9. The molecule has 2 aromatic carbocycles. The van der Waals surface area contributed by atoms with Crippen molar-refractivity contribution in [3.8, 4) is 0 Å². The number of nitrogens with zero attached hydrogens (tertiary/aromatic N) is 1. The van der Waals surface area contributed by atoms with Crippen LogP contribution in [0.25, 0.3) is 6.08 Å². The highest BCUT2D eigenvalue weighted by Gasteiger charge is 2.34. The Kier molecular flexibility index (Phi) is 5.94. The van der Waals surface area contributed by atoms with Gasteiger partial charge in [-0.3, -0.25) is 4.79 Å². The fraction of sp³-hybridized carbons (Fsp3) is 0.250. The second-order valence-corrected chi connectivity index (χ2v) is 9.54. The Morgan fingerprint density at radius 1 is 1.15 bits per heavy atom. The predicted molar refractivity (Wildman–Crippen MR) is 107 cm³/mol. The second-order valence-electron chi connectivity index (χ2n) is 6.40. The lowest BCUT2D eigenvalue weighted by Gasteiger charge is -2.27. The summed E-state index contributed by atoms with van der Waals surface area (Å²) in [5, 5.41) is 0. The zero-order chi connectivity index (χ0) is 18.6. The monoisotopic (exact) mass is 433 g/mol. The van der Waals surface area contributed by atoms with Gasteiger partial charge in [0, 0.05) is 23.1 Å². The van der Waals surface area contributed by atoms with Crippen LogP contribution in [0.3, 0.4) is 0 Å². The van der Waals surface area contributed by atoms with Crippen LogP contribution in [0.15, 0.2) is 65.1 Å². The minimum atomic E-state index is -3.07. The fourth-order valence-electron chi connectivity index (χ4n) is 3.07. The first-order chi connectivity index (χ1) is 12.4. The summed E-state index contributed by atoms with van der Waals surface area (Å²) in [7, 11) is -3.07. The first kappa shape index (κ1) is 18.9. The summed E-state index contributed by atoms with van der Waals surface area (Å²) in [5.74, 6) is 0.00442. The van der Waals surface area contributed by atoms with Crippen LogP contribution in [0.1, 0.15) is 17.5 Å². The van der Waals surface area contributed by atoms with Gasteiger partial charge in [-0.1, -0.05) is 58.4 Å². The number of rotatable bonds is 5. The third-order valence-electron chi connectivity index (χ3n) is 4.39. The van der Waals surface area contributed by atoms with Crippen LogP contribution in [-0.4, -0.2) is 36.8 Å². The molecular formula is C20H20BrNO3S. The highest BCUT2D eigenvalue weighted by atomic mass is 79.9. The number of hydrogen-bond acceptors (Lipinski definition) is 3. The number of benzene rings is 2. The van der Waals surface area contributed by atoms with Crippen molar-refractivity contribution in [2.24, 2.45) is 0 Å². The van der Waals surface area contributed by atoms with Gasteiger partial charge in [-0.05, 0) is 35.8 Å². The minimum Gasteiger partial charge on any atom is -0.331 e. The van der Waals surface area contributed by atoms with Gasteiger partial charge in [0.15, 0.2) is 9.84 Å². The number of carbonyl (C=O) groups is 1. The maximum Gasteiger partial charge on any atom is 0.247 e. The molecule has 2 aromatic rings. The molecule has 1 aliphatic heterocycles. The summed E-state index contributed by atoms with van der Waals surface area (Å²) in [4.78, 5) is 14.5. The number of sulfone groups is 1. The Labute approximate surface area is 162 Å². The fourth-order valence-corrected chi connectivity index (χ4v) is 5.24. The van der Waals surface area contributed by atoms with Gasteiger partial charge in [0.1, 0.15) is 0 Å². The summed E-state index contributed by atoms with van der Waals surface area (Å²) >= 11 is 3.44. The zero-order valence-corrected chi connectivity index (χ0v) is 16.6. The predicted octanol–water partition coefficient (Wildman–Crippen LogP) is 3.68. The topological polar surface area (TPSA) is 54.5 Å². The molecule has 0 aromatic heterocycles. The van der Waals surface area contributed by atoms with Crippen molar-refractivity contribution in [2.45, 2.75) is 19.0 Å². The molecule has 1 amide bonds. The van der Waals surface area contributed by atoms with Crippen molar-refractivity contribution in [2.75, 3.05) is 11.5 Å². The molecule has 0 unspecified atom stereocenters. The van der Waals surface area contributed by atoms with Crippen molar-refractivity contribution in [3.63, 3.8) is 0 Å². The van der Waals surface area contributed by atoms with E-state index in [2.05, 4.69) is 15.9 Å². The maximum atomic E-state index is 12.8. The molecule has 1 heterocycles. The van der Waals surface area contributed by atoms with Gasteiger partial charge in [0.2, 0.25) is 5.91 Å². The minimum absolute atomic E-state index is 0.0337. The third kappa shape index (κ3) is 5.05. The Balaban J connectivity index is 1.82. The first-order valence-corrected chi connectivity index (χ1v) is 11.0. The Morgan fingerprint density at radius 2 is 1.92 bits per heavy atom. The lowest BCUT2D eigenvalue weighted by molar-refractivity contribution is -0.128. The van der Waals surface area contributed by atoms with E-state index in [0.29, 0.717) is 13.0 Å². The van der Waals surface area contributed by atoms with E-state index in [9.17, 15) is 13.2 Å². The molecule has 1 atom stereocenters. The van der Waals surface area contributed by atoms with E-state index in [0.717, 1.165) is 15.6 Å². The molecule has 1 fully saturated rings. The van der Waals surface area contributed by atoms with Gasteiger partial charge < -0.3 is 4.90 Å². The van der Waals surface area contributed by atoms with E-state index in [1.54, 1.807) is 11.0 Å². The molecule has 0 bridgehead atoms. The standard InChI is InChI=1S/C20H20BrNO3S/c21-18-8-4-7-17(13-18)14-22(19-11-12-26(24,25)15-19)20(23)10-9-16-5-2-1-3-6-16/h1-10,13,19H,11-12,14-15H2/b10-9+/t19-/m0/s1. The molecule has 26 heavy (non-hydrogen) atoms. The van der Waals surface area contributed by atoms with Crippen molar-refractivity contribution in [3.05, 3.63) is 76.3 Å². The number of hydrogen-bond donors (Lipinski definition) is 0. The van der Waals surface area contributed by atoms with Crippen LogP contribution in [0.2, 0.25) is 0 Å². The average Bonchev–Trinajstić information content (AvgIpc) is 2.98. The van der Waals surface area contributed by atoms with Gasteiger partial charge in [-0.25, -0.2) is 8.42 Å². The van der Waals surface area contributed by atoms with E-state index in [1.165, 1.54) is 6.08 Å². The van der Waals surface area contributed by atoms with Gasteiger partial charge in [-0.15, -0.1) is 0 Å². The Morgan fingerprint density at radius 3 is 2.58 bits per heavy atom. The molecular weight excluding hydrogens is 414 g/mol. The molecule has 136 valence electrons. The molecule has 4 nitrogen and oxygen atoms in total. The average molecular weight is 434 g/mol. The molecule has 0 aliphatic carbocycles. The molecule has 0 spiro atoms. The SMILES string of the molecule is O=C(/C=C/c1ccccc1)N(Cc1cccc(Br)c1)[C@H]1CCS(=O)(=O)C1.